The van der Waals surface area contributed by atoms with Gasteiger partial charge in [-0.1, -0.05) is 30.4 Å². The molecule has 0 saturated heterocycles. The molecule has 3 unspecified atom stereocenters. The number of hydrogen-bond donors (Lipinski definition) is 1. The Bertz CT molecular complexity index is 818. The van der Waals surface area contributed by atoms with Crippen molar-refractivity contribution in [3.05, 3.63) is 81.7 Å². The van der Waals surface area contributed by atoms with Crippen molar-refractivity contribution in [3.63, 3.8) is 0 Å². The van der Waals surface area contributed by atoms with E-state index in [1.54, 1.807) is 24.3 Å². The highest BCUT2D eigenvalue weighted by Crippen LogP contribution is 2.50. The van der Waals surface area contributed by atoms with E-state index in [1.165, 1.54) is 12.1 Å². The highest BCUT2D eigenvalue weighted by atomic mass is 19.1. The summed E-state index contributed by atoms with van der Waals surface area (Å²) in [7, 11) is 0. The number of allylic oxidation sites excluding steroid dienone is 2. The molecule has 0 radical (unpaired) electrons. The average Bonchev–Trinajstić information content (AvgIpc) is 3.04. The fourth-order valence-electron chi connectivity index (χ4n) is 3.73. The third-order valence-corrected chi connectivity index (χ3v) is 4.80. The fraction of sp³-hybridized carbons (Fsp3) is 0.222. The topological polar surface area (TPSA) is 55.2 Å². The van der Waals surface area contributed by atoms with Crippen LogP contribution in [0.4, 0.5) is 15.8 Å². The molecule has 1 aliphatic carbocycles. The second-order valence-corrected chi connectivity index (χ2v) is 6.03. The third kappa shape index (κ3) is 2.20. The Morgan fingerprint density at radius 3 is 2.78 bits per heavy atom. The highest BCUT2D eigenvalue weighted by Gasteiger charge is 2.39. The zero-order valence-electron chi connectivity index (χ0n) is 12.3. The van der Waals surface area contributed by atoms with Gasteiger partial charge in [0.2, 0.25) is 0 Å². The molecule has 1 aliphatic heterocycles. The van der Waals surface area contributed by atoms with Crippen LogP contribution in [-0.2, 0) is 0 Å². The summed E-state index contributed by atoms with van der Waals surface area (Å²) in [5.74, 6) is 0.0261. The first-order chi connectivity index (χ1) is 11.1. The van der Waals surface area contributed by atoms with Gasteiger partial charge in [-0.15, -0.1) is 0 Å². The van der Waals surface area contributed by atoms with E-state index in [-0.39, 0.29) is 34.3 Å². The summed E-state index contributed by atoms with van der Waals surface area (Å²) in [6.07, 6.45) is 5.00. The molecular formula is C18H15FN2O2. The van der Waals surface area contributed by atoms with E-state index in [1.807, 2.05) is 6.07 Å². The second kappa shape index (κ2) is 5.19. The number of anilines is 1. The molecule has 0 saturated carbocycles. The van der Waals surface area contributed by atoms with Crippen LogP contribution in [-0.4, -0.2) is 4.92 Å². The Morgan fingerprint density at radius 2 is 2.00 bits per heavy atom. The average molecular weight is 310 g/mol. The van der Waals surface area contributed by atoms with Crippen LogP contribution in [0.15, 0.2) is 54.6 Å². The lowest BCUT2D eigenvalue weighted by Gasteiger charge is -2.37. The summed E-state index contributed by atoms with van der Waals surface area (Å²) in [6.45, 7) is 0. The summed E-state index contributed by atoms with van der Waals surface area (Å²) in [5, 5.41) is 14.4. The Morgan fingerprint density at radius 1 is 1.17 bits per heavy atom. The quantitative estimate of drug-likeness (QED) is 0.502. The van der Waals surface area contributed by atoms with Gasteiger partial charge in [0.1, 0.15) is 5.82 Å². The Balaban J connectivity index is 1.81. The SMILES string of the molecule is O=[N+]([O-])c1ccc2c(c1)C1C=CCC1C(c1ccccc1F)N2. The van der Waals surface area contributed by atoms with E-state index in [0.29, 0.717) is 5.56 Å². The van der Waals surface area contributed by atoms with E-state index in [0.717, 1.165) is 17.7 Å². The van der Waals surface area contributed by atoms with Gasteiger partial charge < -0.3 is 5.32 Å². The van der Waals surface area contributed by atoms with Crippen LogP contribution in [0.1, 0.15) is 29.5 Å². The lowest BCUT2D eigenvalue weighted by molar-refractivity contribution is -0.384. The molecule has 2 aromatic rings. The van der Waals surface area contributed by atoms with Gasteiger partial charge >= 0.3 is 0 Å². The fourth-order valence-corrected chi connectivity index (χ4v) is 3.73. The van der Waals surface area contributed by atoms with Crippen molar-refractivity contribution >= 4 is 11.4 Å². The molecule has 116 valence electrons. The molecule has 2 aliphatic rings. The van der Waals surface area contributed by atoms with Crippen molar-refractivity contribution in [2.24, 2.45) is 5.92 Å². The van der Waals surface area contributed by atoms with Crippen LogP contribution >= 0.6 is 0 Å². The maximum absolute atomic E-state index is 14.2. The van der Waals surface area contributed by atoms with Gasteiger partial charge in [0.25, 0.3) is 5.69 Å². The largest absolute Gasteiger partial charge is 0.378 e. The van der Waals surface area contributed by atoms with Gasteiger partial charge in [-0.05, 0) is 30.0 Å². The number of fused-ring (bicyclic) bond motifs is 3. The molecule has 0 aromatic heterocycles. The Hall–Kier alpha value is -2.69. The van der Waals surface area contributed by atoms with Crippen LogP contribution in [0, 0.1) is 21.8 Å². The number of halogens is 1. The van der Waals surface area contributed by atoms with Gasteiger partial charge in [-0.3, -0.25) is 10.1 Å². The number of benzene rings is 2. The first-order valence-electron chi connectivity index (χ1n) is 7.61. The lowest BCUT2D eigenvalue weighted by Crippen LogP contribution is -2.29. The predicted molar refractivity (Wildman–Crippen MR) is 85.8 cm³/mol. The van der Waals surface area contributed by atoms with Gasteiger partial charge in [0.15, 0.2) is 0 Å². The first kappa shape index (κ1) is 13.9. The number of rotatable bonds is 2. The minimum Gasteiger partial charge on any atom is -0.378 e. The zero-order valence-corrected chi connectivity index (χ0v) is 12.3. The molecule has 5 heteroatoms. The Kier molecular flexibility index (Phi) is 3.15. The predicted octanol–water partition coefficient (Wildman–Crippen LogP) is 4.56. The minimum absolute atomic E-state index is 0.0794. The number of non-ortho nitro benzene ring substituents is 1. The maximum Gasteiger partial charge on any atom is 0.269 e. The van der Waals surface area contributed by atoms with Gasteiger partial charge in [-0.2, -0.15) is 0 Å². The molecule has 2 aromatic carbocycles. The molecule has 0 fully saturated rings. The smallest absolute Gasteiger partial charge is 0.269 e. The summed E-state index contributed by atoms with van der Waals surface area (Å²) < 4.78 is 14.2. The molecule has 0 amide bonds. The minimum atomic E-state index is -0.378. The van der Waals surface area contributed by atoms with Crippen LogP contribution in [0.5, 0.6) is 0 Å². The Labute approximate surface area is 132 Å². The number of nitrogens with zero attached hydrogens (tertiary/aromatic N) is 1. The monoisotopic (exact) mass is 310 g/mol. The number of nitrogens with one attached hydrogen (secondary N) is 1. The van der Waals surface area contributed by atoms with E-state index in [9.17, 15) is 14.5 Å². The van der Waals surface area contributed by atoms with Gasteiger partial charge in [0, 0.05) is 29.3 Å². The third-order valence-electron chi connectivity index (χ3n) is 4.80. The molecule has 0 bridgehead atoms. The molecular weight excluding hydrogens is 295 g/mol. The summed E-state index contributed by atoms with van der Waals surface area (Å²) in [4.78, 5) is 10.6. The zero-order chi connectivity index (χ0) is 16.0. The molecule has 1 heterocycles. The van der Waals surface area contributed by atoms with Crippen LogP contribution < -0.4 is 5.32 Å². The van der Waals surface area contributed by atoms with Crippen molar-refractivity contribution < 1.29 is 9.31 Å². The van der Waals surface area contributed by atoms with Crippen molar-refractivity contribution in [1.82, 2.24) is 0 Å². The molecule has 4 nitrogen and oxygen atoms in total. The van der Waals surface area contributed by atoms with E-state index in [2.05, 4.69) is 17.5 Å². The van der Waals surface area contributed by atoms with Crippen molar-refractivity contribution in [3.8, 4) is 0 Å². The summed E-state index contributed by atoms with van der Waals surface area (Å²) >= 11 is 0. The normalized spacial score (nSPS) is 24.7. The molecule has 1 N–H and O–H groups in total. The highest BCUT2D eigenvalue weighted by molar-refractivity contribution is 5.62. The van der Waals surface area contributed by atoms with Crippen LogP contribution in [0.2, 0.25) is 0 Å². The van der Waals surface area contributed by atoms with Gasteiger partial charge in [0.05, 0.1) is 11.0 Å². The number of hydrogen-bond acceptors (Lipinski definition) is 3. The van der Waals surface area contributed by atoms with Crippen molar-refractivity contribution in [2.45, 2.75) is 18.4 Å². The molecule has 4 rings (SSSR count). The maximum atomic E-state index is 14.2. The van der Waals surface area contributed by atoms with E-state index >= 15 is 0 Å². The summed E-state index contributed by atoms with van der Waals surface area (Å²) in [5.41, 5.74) is 2.51. The molecule has 3 atom stereocenters. The summed E-state index contributed by atoms with van der Waals surface area (Å²) in [6, 6.07) is 11.5. The standard InChI is InChI=1S/C18H15FN2O2/c19-16-7-2-1-4-14(16)18-13-6-3-5-12(13)15-10-11(21(22)23)8-9-17(15)20-18/h1-5,7-10,12-13,18,20H,6H2. The van der Waals surface area contributed by atoms with E-state index in [4.69, 9.17) is 0 Å². The number of nitro benzene ring substituents is 1. The van der Waals surface area contributed by atoms with Crippen molar-refractivity contribution in [2.75, 3.05) is 5.32 Å². The number of nitro groups is 1. The first-order valence-corrected chi connectivity index (χ1v) is 7.61. The van der Waals surface area contributed by atoms with Crippen molar-refractivity contribution in [1.29, 1.82) is 0 Å². The van der Waals surface area contributed by atoms with Crippen LogP contribution in [0.25, 0.3) is 0 Å². The second-order valence-electron chi connectivity index (χ2n) is 6.03. The van der Waals surface area contributed by atoms with E-state index < -0.39 is 0 Å². The molecule has 23 heavy (non-hydrogen) atoms. The molecule has 0 spiro atoms. The lowest BCUT2D eigenvalue weighted by atomic mass is 9.77. The van der Waals surface area contributed by atoms with Crippen LogP contribution in [0.3, 0.4) is 0 Å². The van der Waals surface area contributed by atoms with Gasteiger partial charge in [-0.25, -0.2) is 4.39 Å².